The zero-order chi connectivity index (χ0) is 14.7. The van der Waals surface area contributed by atoms with E-state index in [9.17, 15) is 19.1 Å². The number of aromatic carboxylic acids is 1. The second kappa shape index (κ2) is 5.98. The average molecular weight is 297 g/mol. The van der Waals surface area contributed by atoms with Crippen molar-refractivity contribution in [3.8, 4) is 0 Å². The van der Waals surface area contributed by atoms with Gasteiger partial charge in [0.15, 0.2) is 0 Å². The number of carbonyl (C=O) groups excluding carboxylic acids is 1. The van der Waals surface area contributed by atoms with Gasteiger partial charge in [-0.3, -0.25) is 4.79 Å². The lowest BCUT2D eigenvalue weighted by atomic mass is 10.1. The number of fused-ring (bicyclic) bond motifs is 1. The molecular weight excluding hydrogens is 285 g/mol. The number of methoxy groups -OCH3 is 1. The summed E-state index contributed by atoms with van der Waals surface area (Å²) in [6.45, 7) is 0.0129. The van der Waals surface area contributed by atoms with E-state index in [0.29, 0.717) is 10.3 Å². The first-order valence-electron chi connectivity index (χ1n) is 5.75. The number of carbonyl (C=O) groups is 2. The van der Waals surface area contributed by atoms with E-state index in [-0.39, 0.29) is 23.4 Å². The molecule has 0 aliphatic rings. The van der Waals surface area contributed by atoms with Gasteiger partial charge in [-0.25, -0.2) is 9.18 Å². The third kappa shape index (κ3) is 2.78. The Kier molecular flexibility index (Phi) is 4.31. The van der Waals surface area contributed by atoms with E-state index in [2.05, 4.69) is 10.1 Å². The van der Waals surface area contributed by atoms with Crippen LogP contribution in [0.15, 0.2) is 18.2 Å². The predicted molar refractivity (Wildman–Crippen MR) is 72.5 cm³/mol. The number of thiophene rings is 1. The second-order valence-electron chi connectivity index (χ2n) is 4.01. The number of benzene rings is 1. The van der Waals surface area contributed by atoms with Gasteiger partial charge in [-0.05, 0) is 12.1 Å². The molecule has 1 aromatic carbocycles. The normalized spacial score (nSPS) is 10.7. The highest BCUT2D eigenvalue weighted by Gasteiger charge is 2.20. The molecule has 0 radical (unpaired) electrons. The number of ether oxygens (including phenoxy) is 1. The maximum absolute atomic E-state index is 13.9. The molecule has 2 N–H and O–H groups in total. The standard InChI is InChI=1S/C13H12FNO4S/c1-19-10(16)6-15-5-7-11-8(14)3-2-4-9(11)20-12(7)13(17)18/h2-4,15H,5-6H2,1H3,(H,17,18). The van der Waals surface area contributed by atoms with Gasteiger partial charge in [0.25, 0.3) is 0 Å². The molecule has 1 heterocycles. The molecule has 0 bridgehead atoms. The third-order valence-corrected chi connectivity index (χ3v) is 3.94. The van der Waals surface area contributed by atoms with Gasteiger partial charge < -0.3 is 15.2 Å². The zero-order valence-corrected chi connectivity index (χ0v) is 11.4. The smallest absolute Gasteiger partial charge is 0.346 e. The van der Waals surface area contributed by atoms with Crippen molar-refractivity contribution >= 4 is 33.4 Å². The van der Waals surface area contributed by atoms with E-state index >= 15 is 0 Å². The fourth-order valence-corrected chi connectivity index (χ4v) is 2.94. The number of halogens is 1. The van der Waals surface area contributed by atoms with E-state index in [1.165, 1.54) is 19.2 Å². The highest BCUT2D eigenvalue weighted by Crippen LogP contribution is 2.33. The molecule has 0 amide bonds. The maximum atomic E-state index is 13.9. The van der Waals surface area contributed by atoms with Crippen LogP contribution in [-0.4, -0.2) is 30.7 Å². The van der Waals surface area contributed by atoms with Gasteiger partial charge in [-0.2, -0.15) is 0 Å². The molecular formula is C13H12FNO4S. The fraction of sp³-hybridized carbons (Fsp3) is 0.231. The van der Waals surface area contributed by atoms with Crippen LogP contribution in [0.2, 0.25) is 0 Å². The summed E-state index contributed by atoms with van der Waals surface area (Å²) < 4.78 is 18.9. The molecule has 2 aromatic rings. The van der Waals surface area contributed by atoms with Crippen LogP contribution in [0.1, 0.15) is 15.2 Å². The summed E-state index contributed by atoms with van der Waals surface area (Å²) in [5.74, 6) is -2.05. The summed E-state index contributed by atoms with van der Waals surface area (Å²) in [6.07, 6.45) is 0. The lowest BCUT2D eigenvalue weighted by molar-refractivity contribution is -0.139. The quantitative estimate of drug-likeness (QED) is 0.826. The average Bonchev–Trinajstić information content (AvgIpc) is 2.79. The monoisotopic (exact) mass is 297 g/mol. The highest BCUT2D eigenvalue weighted by molar-refractivity contribution is 7.21. The molecule has 0 saturated carbocycles. The van der Waals surface area contributed by atoms with Crippen LogP contribution in [0.4, 0.5) is 4.39 Å². The fourth-order valence-electron chi connectivity index (χ4n) is 1.87. The molecule has 7 heteroatoms. The minimum Gasteiger partial charge on any atom is -0.477 e. The summed E-state index contributed by atoms with van der Waals surface area (Å²) >= 11 is 1.02. The number of hydrogen-bond donors (Lipinski definition) is 2. The SMILES string of the molecule is COC(=O)CNCc1c(C(=O)O)sc2cccc(F)c12. The second-order valence-corrected chi connectivity index (χ2v) is 5.06. The summed E-state index contributed by atoms with van der Waals surface area (Å²) in [5.41, 5.74) is 0.347. The van der Waals surface area contributed by atoms with Crippen LogP contribution >= 0.6 is 11.3 Å². The van der Waals surface area contributed by atoms with E-state index < -0.39 is 17.8 Å². The lowest BCUT2D eigenvalue weighted by Crippen LogP contribution is -2.24. The first-order valence-corrected chi connectivity index (χ1v) is 6.57. The summed E-state index contributed by atoms with van der Waals surface area (Å²) in [7, 11) is 1.26. The molecule has 0 aliphatic heterocycles. The molecule has 0 saturated heterocycles. The van der Waals surface area contributed by atoms with Crippen molar-refractivity contribution in [1.82, 2.24) is 5.32 Å². The molecule has 0 fully saturated rings. The number of esters is 1. The van der Waals surface area contributed by atoms with Crippen LogP contribution < -0.4 is 5.32 Å². The molecule has 2 rings (SSSR count). The van der Waals surface area contributed by atoms with E-state index in [1.54, 1.807) is 6.07 Å². The van der Waals surface area contributed by atoms with E-state index in [4.69, 9.17) is 0 Å². The Balaban J connectivity index is 2.36. The number of hydrogen-bond acceptors (Lipinski definition) is 5. The maximum Gasteiger partial charge on any atom is 0.346 e. The van der Waals surface area contributed by atoms with Crippen LogP contribution in [0.25, 0.3) is 10.1 Å². The molecule has 0 spiro atoms. The summed E-state index contributed by atoms with van der Waals surface area (Å²) in [4.78, 5) is 22.3. The molecule has 0 unspecified atom stereocenters. The Labute approximate surface area is 118 Å². The van der Waals surface area contributed by atoms with Gasteiger partial charge in [0.1, 0.15) is 10.7 Å². The van der Waals surface area contributed by atoms with Crippen LogP contribution in [0, 0.1) is 5.82 Å². The largest absolute Gasteiger partial charge is 0.477 e. The zero-order valence-electron chi connectivity index (χ0n) is 10.6. The van der Waals surface area contributed by atoms with Crippen molar-refractivity contribution in [3.05, 3.63) is 34.5 Å². The minimum absolute atomic E-state index is 0.0681. The van der Waals surface area contributed by atoms with Gasteiger partial charge in [-0.15, -0.1) is 11.3 Å². The Bertz CT molecular complexity index is 668. The van der Waals surface area contributed by atoms with E-state index in [0.717, 1.165) is 11.3 Å². The Morgan fingerprint density at radius 1 is 1.45 bits per heavy atom. The first-order chi connectivity index (χ1) is 9.54. The van der Waals surface area contributed by atoms with Crippen LogP contribution in [-0.2, 0) is 16.1 Å². The van der Waals surface area contributed by atoms with Crippen molar-refractivity contribution in [3.63, 3.8) is 0 Å². The number of carboxylic acid groups (broad SMARTS) is 1. The molecule has 20 heavy (non-hydrogen) atoms. The van der Waals surface area contributed by atoms with Crippen molar-refractivity contribution < 1.29 is 23.8 Å². The predicted octanol–water partition coefficient (Wildman–Crippen LogP) is 2.00. The Hall–Kier alpha value is -1.99. The van der Waals surface area contributed by atoms with Crippen molar-refractivity contribution in [1.29, 1.82) is 0 Å². The van der Waals surface area contributed by atoms with Gasteiger partial charge >= 0.3 is 11.9 Å². The number of rotatable bonds is 5. The highest BCUT2D eigenvalue weighted by atomic mass is 32.1. The molecule has 1 aromatic heterocycles. The van der Waals surface area contributed by atoms with Crippen LogP contribution in [0.3, 0.4) is 0 Å². The minimum atomic E-state index is -1.11. The van der Waals surface area contributed by atoms with Crippen molar-refractivity contribution in [2.45, 2.75) is 6.54 Å². The van der Waals surface area contributed by atoms with Crippen molar-refractivity contribution in [2.75, 3.05) is 13.7 Å². The topological polar surface area (TPSA) is 75.6 Å². The molecule has 0 aliphatic carbocycles. The molecule has 0 atom stereocenters. The summed E-state index contributed by atoms with van der Waals surface area (Å²) in [6, 6.07) is 4.48. The van der Waals surface area contributed by atoms with Gasteiger partial charge in [0.2, 0.25) is 0 Å². The first kappa shape index (κ1) is 14.4. The third-order valence-electron chi connectivity index (χ3n) is 2.76. The van der Waals surface area contributed by atoms with Gasteiger partial charge in [0, 0.05) is 22.2 Å². The van der Waals surface area contributed by atoms with Crippen LogP contribution in [0.5, 0.6) is 0 Å². The lowest BCUT2D eigenvalue weighted by Gasteiger charge is -2.04. The van der Waals surface area contributed by atoms with Crippen molar-refractivity contribution in [2.24, 2.45) is 0 Å². The number of carboxylic acids is 1. The van der Waals surface area contributed by atoms with Gasteiger partial charge in [-0.1, -0.05) is 6.07 Å². The summed E-state index contributed by atoms with van der Waals surface area (Å²) in [5, 5.41) is 12.2. The van der Waals surface area contributed by atoms with Gasteiger partial charge in [0.05, 0.1) is 13.7 Å². The number of nitrogens with one attached hydrogen (secondary N) is 1. The molecule has 5 nitrogen and oxygen atoms in total. The Morgan fingerprint density at radius 2 is 2.20 bits per heavy atom. The molecule has 106 valence electrons. The van der Waals surface area contributed by atoms with E-state index in [1.807, 2.05) is 0 Å². The Morgan fingerprint density at radius 3 is 2.85 bits per heavy atom.